The second-order valence-electron chi connectivity index (χ2n) is 6.16. The maximum atomic E-state index is 5.82. The number of nitrogens with zero attached hydrogens (tertiary/aromatic N) is 2. The lowest BCUT2D eigenvalue weighted by molar-refractivity contribution is 0.340. The topological polar surface area (TPSA) is 36.3 Å². The molecule has 0 aliphatic heterocycles. The zero-order chi connectivity index (χ0) is 19.2. The van der Waals surface area contributed by atoms with E-state index in [4.69, 9.17) is 14.5 Å². The molecule has 0 bridgehead atoms. The molecule has 4 rings (SSSR count). The van der Waals surface area contributed by atoms with E-state index in [9.17, 15) is 0 Å². The third-order valence-electron chi connectivity index (χ3n) is 4.26. The number of rotatable bonds is 8. The third kappa shape index (κ3) is 4.15. The quantitative estimate of drug-likeness (QED) is 0.290. The molecular weight excluding hydrogens is 368 g/mol. The second kappa shape index (κ2) is 8.85. The van der Waals surface area contributed by atoms with Crippen molar-refractivity contribution in [3.05, 3.63) is 78.9 Å². The Bertz CT molecular complexity index is 1030. The molecule has 28 heavy (non-hydrogen) atoms. The van der Waals surface area contributed by atoms with Crippen molar-refractivity contribution in [1.82, 2.24) is 9.55 Å². The Morgan fingerprint density at radius 3 is 2.32 bits per heavy atom. The first-order valence-corrected chi connectivity index (χ1v) is 10.3. The molecule has 5 heteroatoms. The van der Waals surface area contributed by atoms with E-state index in [1.165, 1.54) is 0 Å². The molecule has 0 fully saturated rings. The van der Waals surface area contributed by atoms with E-state index in [0.29, 0.717) is 13.2 Å². The molecule has 4 nitrogen and oxygen atoms in total. The summed E-state index contributed by atoms with van der Waals surface area (Å²) in [6.45, 7) is 3.28. The maximum Gasteiger partial charge on any atom is 0.173 e. The number of fused-ring (bicyclic) bond motifs is 1. The van der Waals surface area contributed by atoms with Crippen LogP contribution in [0.3, 0.4) is 0 Å². The van der Waals surface area contributed by atoms with E-state index in [1.807, 2.05) is 67.6 Å². The van der Waals surface area contributed by atoms with Crippen molar-refractivity contribution < 1.29 is 9.47 Å². The molecule has 1 aromatic heterocycles. The normalized spacial score (nSPS) is 10.9. The highest BCUT2D eigenvalue weighted by molar-refractivity contribution is 7.99. The minimum absolute atomic E-state index is 0.626. The highest BCUT2D eigenvalue weighted by Gasteiger charge is 2.13. The molecule has 0 saturated carbocycles. The van der Waals surface area contributed by atoms with Gasteiger partial charge >= 0.3 is 0 Å². The highest BCUT2D eigenvalue weighted by atomic mass is 32.2. The molecule has 4 aromatic rings. The smallest absolute Gasteiger partial charge is 0.173 e. The lowest BCUT2D eigenvalue weighted by Gasteiger charge is -2.11. The monoisotopic (exact) mass is 390 g/mol. The van der Waals surface area contributed by atoms with Crippen molar-refractivity contribution in [2.45, 2.75) is 12.1 Å². The van der Waals surface area contributed by atoms with Gasteiger partial charge in [-0.3, -0.25) is 4.57 Å². The average molecular weight is 391 g/mol. The predicted octanol–water partition coefficient (Wildman–Crippen LogP) is 5.60. The van der Waals surface area contributed by atoms with E-state index >= 15 is 0 Å². The summed E-state index contributed by atoms with van der Waals surface area (Å²) in [5.74, 6) is 2.58. The third-order valence-corrected chi connectivity index (χ3v) is 5.17. The molecule has 0 aliphatic carbocycles. The van der Waals surface area contributed by atoms with Crippen LogP contribution in [-0.4, -0.2) is 28.5 Å². The van der Waals surface area contributed by atoms with Crippen LogP contribution in [-0.2, 0) is 0 Å². The first-order valence-electron chi connectivity index (χ1n) is 9.36. The number of thioether (sulfide) groups is 1. The summed E-state index contributed by atoms with van der Waals surface area (Å²) in [6.07, 6.45) is 0. The van der Waals surface area contributed by atoms with E-state index in [0.717, 1.165) is 39.1 Å². The van der Waals surface area contributed by atoms with Gasteiger partial charge in [-0.25, -0.2) is 4.98 Å². The van der Waals surface area contributed by atoms with E-state index in [1.54, 1.807) is 11.8 Å². The van der Waals surface area contributed by atoms with E-state index in [-0.39, 0.29) is 0 Å². The van der Waals surface area contributed by atoms with Crippen molar-refractivity contribution >= 4 is 22.8 Å². The molecular formula is C23H22N2O2S. The molecule has 0 atom stereocenters. The number of ether oxygens (including phenoxy) is 2. The van der Waals surface area contributed by atoms with Crippen LogP contribution in [0.1, 0.15) is 6.92 Å². The number of benzene rings is 3. The molecule has 0 radical (unpaired) electrons. The van der Waals surface area contributed by atoms with Gasteiger partial charge in [0, 0.05) is 11.4 Å². The van der Waals surface area contributed by atoms with Crippen molar-refractivity contribution in [1.29, 1.82) is 0 Å². The van der Waals surface area contributed by atoms with Gasteiger partial charge in [0.05, 0.1) is 24.2 Å². The van der Waals surface area contributed by atoms with Crippen LogP contribution < -0.4 is 9.47 Å². The molecule has 0 aliphatic rings. The van der Waals surface area contributed by atoms with Crippen LogP contribution in [0.2, 0.25) is 0 Å². The van der Waals surface area contributed by atoms with Crippen molar-refractivity contribution in [3.63, 3.8) is 0 Å². The lowest BCUT2D eigenvalue weighted by atomic mass is 10.2. The minimum atomic E-state index is 0.626. The number of hydrogen-bond donors (Lipinski definition) is 0. The van der Waals surface area contributed by atoms with Crippen LogP contribution >= 0.6 is 11.8 Å². The fourth-order valence-electron chi connectivity index (χ4n) is 3.02. The minimum Gasteiger partial charge on any atom is -0.494 e. The summed E-state index contributed by atoms with van der Waals surface area (Å²) < 4.78 is 13.6. The summed E-state index contributed by atoms with van der Waals surface area (Å²) in [5.41, 5.74) is 3.16. The van der Waals surface area contributed by atoms with E-state index < -0.39 is 0 Å². The maximum absolute atomic E-state index is 5.82. The zero-order valence-corrected chi connectivity index (χ0v) is 16.6. The second-order valence-corrected chi connectivity index (χ2v) is 7.22. The van der Waals surface area contributed by atoms with Crippen LogP contribution in [0.25, 0.3) is 16.7 Å². The van der Waals surface area contributed by atoms with Gasteiger partial charge in [-0.05, 0) is 55.5 Å². The summed E-state index contributed by atoms with van der Waals surface area (Å²) in [4.78, 5) is 4.83. The molecule has 0 N–H and O–H groups in total. The number of aromatic nitrogens is 2. The van der Waals surface area contributed by atoms with Gasteiger partial charge in [0.15, 0.2) is 5.16 Å². The number of hydrogen-bond acceptors (Lipinski definition) is 4. The van der Waals surface area contributed by atoms with Gasteiger partial charge < -0.3 is 9.47 Å². The SMILES string of the molecule is CCOc1ccc(-n2c(SCCOc3ccccc3)nc3ccccc32)cc1. The summed E-state index contributed by atoms with van der Waals surface area (Å²) >= 11 is 1.70. The standard InChI is InChI=1S/C23H22N2O2S/c1-2-26-20-14-12-18(13-15-20)25-22-11-7-6-10-21(22)24-23(25)28-17-16-27-19-8-4-3-5-9-19/h3-15H,2,16-17H2,1H3. The van der Waals surface area contributed by atoms with Crippen LogP contribution in [0.5, 0.6) is 11.5 Å². The Kier molecular flexibility index (Phi) is 5.83. The van der Waals surface area contributed by atoms with Crippen molar-refractivity contribution in [2.75, 3.05) is 19.0 Å². The number of para-hydroxylation sites is 3. The van der Waals surface area contributed by atoms with Gasteiger partial charge in [0.1, 0.15) is 11.5 Å². The van der Waals surface area contributed by atoms with Gasteiger partial charge in [-0.15, -0.1) is 0 Å². The largest absolute Gasteiger partial charge is 0.494 e. The molecule has 1 heterocycles. The Morgan fingerprint density at radius 1 is 0.821 bits per heavy atom. The molecule has 3 aromatic carbocycles. The van der Waals surface area contributed by atoms with Gasteiger partial charge in [-0.2, -0.15) is 0 Å². The lowest BCUT2D eigenvalue weighted by Crippen LogP contribution is -2.02. The molecule has 0 unspecified atom stereocenters. The fourth-order valence-corrected chi connectivity index (χ4v) is 3.86. The van der Waals surface area contributed by atoms with Gasteiger partial charge in [0.25, 0.3) is 0 Å². The van der Waals surface area contributed by atoms with Gasteiger partial charge in [0.2, 0.25) is 0 Å². The Hall–Kier alpha value is -2.92. The molecule has 0 saturated heterocycles. The van der Waals surface area contributed by atoms with Crippen molar-refractivity contribution in [3.8, 4) is 17.2 Å². The Labute approximate surface area is 169 Å². The first-order chi connectivity index (χ1) is 13.8. The van der Waals surface area contributed by atoms with Gasteiger partial charge in [-0.1, -0.05) is 42.1 Å². The molecule has 0 amide bonds. The predicted molar refractivity (Wildman–Crippen MR) is 115 cm³/mol. The fraction of sp³-hybridized carbons (Fsp3) is 0.174. The van der Waals surface area contributed by atoms with Crippen LogP contribution in [0.4, 0.5) is 0 Å². The van der Waals surface area contributed by atoms with Crippen LogP contribution in [0.15, 0.2) is 84.0 Å². The Balaban J connectivity index is 1.55. The average Bonchev–Trinajstić information content (AvgIpc) is 3.11. The highest BCUT2D eigenvalue weighted by Crippen LogP contribution is 2.29. The molecule has 0 spiro atoms. The van der Waals surface area contributed by atoms with Crippen molar-refractivity contribution in [2.24, 2.45) is 0 Å². The Morgan fingerprint density at radius 2 is 1.54 bits per heavy atom. The zero-order valence-electron chi connectivity index (χ0n) is 15.7. The first kappa shape index (κ1) is 18.4. The number of imidazole rings is 1. The molecule has 142 valence electrons. The summed E-state index contributed by atoms with van der Waals surface area (Å²) in [6, 6.07) is 26.2. The van der Waals surface area contributed by atoms with E-state index in [2.05, 4.69) is 22.8 Å². The summed E-state index contributed by atoms with van der Waals surface area (Å²) in [7, 11) is 0. The van der Waals surface area contributed by atoms with Crippen LogP contribution in [0, 0.1) is 0 Å². The summed E-state index contributed by atoms with van der Waals surface area (Å²) in [5, 5.41) is 0.960.